The summed E-state index contributed by atoms with van der Waals surface area (Å²) in [6.07, 6.45) is 0.620. The average molecular weight is 512 g/mol. The summed E-state index contributed by atoms with van der Waals surface area (Å²) in [4.78, 5) is 56.2. The SMILES string of the molecule is CCOC(=O)c1[nH]c(C)c(C([O-])=C2C(=O)C(=O)N(CCC[NH+](C)C)C2c2ccc(C(=O)OC)cc2)c1C. The fourth-order valence-corrected chi connectivity index (χ4v) is 4.60. The van der Waals surface area contributed by atoms with Crippen LogP contribution in [0.4, 0.5) is 0 Å². The van der Waals surface area contributed by atoms with Crippen LogP contribution in [0.3, 0.4) is 0 Å². The minimum atomic E-state index is -0.934. The lowest BCUT2D eigenvalue weighted by Gasteiger charge is -2.28. The molecule has 1 aromatic carbocycles. The summed E-state index contributed by atoms with van der Waals surface area (Å²) in [5.41, 5.74) is 1.67. The first kappa shape index (κ1) is 27.7. The maximum absolute atomic E-state index is 13.9. The zero-order valence-corrected chi connectivity index (χ0v) is 22.0. The van der Waals surface area contributed by atoms with Crippen molar-refractivity contribution < 1.29 is 38.7 Å². The standard InChI is InChI=1S/C27H33N3O7/c1-7-37-27(35)21-15(2)19(16(3)28-21)23(31)20-22(17-9-11-18(12-10-17)26(34)36-6)30(25(33)24(20)32)14-8-13-29(4)5/h9-12,22,28,31H,7-8,13-14H2,1-6H3. The number of aromatic nitrogens is 1. The van der Waals surface area contributed by atoms with E-state index in [2.05, 4.69) is 4.98 Å². The molecule has 0 saturated carbocycles. The van der Waals surface area contributed by atoms with Gasteiger partial charge in [0.1, 0.15) is 5.69 Å². The molecule has 1 unspecified atom stereocenters. The topological polar surface area (TPSA) is 133 Å². The Hall–Kier alpha value is -3.92. The van der Waals surface area contributed by atoms with Crippen molar-refractivity contribution in [1.29, 1.82) is 0 Å². The smallest absolute Gasteiger partial charge is 0.355 e. The minimum absolute atomic E-state index is 0.130. The monoisotopic (exact) mass is 511 g/mol. The quantitative estimate of drug-likeness (QED) is 0.215. The van der Waals surface area contributed by atoms with Gasteiger partial charge in [0.15, 0.2) is 0 Å². The van der Waals surface area contributed by atoms with E-state index in [-0.39, 0.29) is 30.0 Å². The van der Waals surface area contributed by atoms with E-state index in [1.807, 2.05) is 14.1 Å². The second-order valence-corrected chi connectivity index (χ2v) is 9.24. The number of aryl methyl sites for hydroxylation is 1. The number of nitrogens with zero attached hydrogens (tertiary/aromatic N) is 1. The van der Waals surface area contributed by atoms with Crippen molar-refractivity contribution >= 4 is 29.4 Å². The molecule has 10 heteroatoms. The van der Waals surface area contributed by atoms with Crippen LogP contribution in [-0.2, 0) is 19.1 Å². The maximum atomic E-state index is 13.9. The Morgan fingerprint density at radius 3 is 2.32 bits per heavy atom. The molecule has 1 saturated heterocycles. The molecule has 3 rings (SSSR count). The van der Waals surface area contributed by atoms with E-state index in [4.69, 9.17) is 9.47 Å². The summed E-state index contributed by atoms with van der Waals surface area (Å²) >= 11 is 0. The number of ether oxygens (including phenoxy) is 2. The molecule has 198 valence electrons. The summed E-state index contributed by atoms with van der Waals surface area (Å²) in [5.74, 6) is -3.38. The number of hydrogen-bond acceptors (Lipinski definition) is 7. The third-order valence-corrected chi connectivity index (χ3v) is 6.40. The number of methoxy groups -OCH3 is 1. The van der Waals surface area contributed by atoms with Crippen molar-refractivity contribution in [2.24, 2.45) is 0 Å². The third kappa shape index (κ3) is 5.43. The number of H-pyrrole nitrogens is 1. The van der Waals surface area contributed by atoms with Gasteiger partial charge in [0.05, 0.1) is 46.0 Å². The van der Waals surface area contributed by atoms with Crippen LogP contribution in [-0.4, -0.2) is 74.4 Å². The van der Waals surface area contributed by atoms with Gasteiger partial charge in [-0.15, -0.1) is 0 Å². The number of Topliss-reactive ketones (excluding diaryl/α,β-unsaturated/α-hetero) is 1. The maximum Gasteiger partial charge on any atom is 0.355 e. The number of rotatable bonds is 9. The number of quaternary nitrogens is 1. The van der Waals surface area contributed by atoms with Crippen molar-refractivity contribution in [3.8, 4) is 0 Å². The van der Waals surface area contributed by atoms with Crippen LogP contribution in [0.25, 0.3) is 5.76 Å². The molecule has 2 heterocycles. The number of aromatic amines is 1. The highest BCUT2D eigenvalue weighted by Crippen LogP contribution is 2.40. The molecule has 0 radical (unpaired) electrons. The Balaban J connectivity index is 2.16. The van der Waals surface area contributed by atoms with Gasteiger partial charge in [-0.3, -0.25) is 9.59 Å². The van der Waals surface area contributed by atoms with Crippen LogP contribution in [0.15, 0.2) is 29.8 Å². The minimum Gasteiger partial charge on any atom is -0.872 e. The molecule has 0 bridgehead atoms. The van der Waals surface area contributed by atoms with Crippen LogP contribution in [0.1, 0.15) is 62.6 Å². The van der Waals surface area contributed by atoms with E-state index >= 15 is 0 Å². The molecular weight excluding hydrogens is 478 g/mol. The first-order chi connectivity index (χ1) is 17.5. The fourth-order valence-electron chi connectivity index (χ4n) is 4.60. The van der Waals surface area contributed by atoms with Crippen LogP contribution < -0.4 is 10.0 Å². The molecule has 0 aliphatic carbocycles. The van der Waals surface area contributed by atoms with E-state index < -0.39 is 35.4 Å². The van der Waals surface area contributed by atoms with Crippen LogP contribution >= 0.6 is 0 Å². The molecule has 2 N–H and O–H groups in total. The highest BCUT2D eigenvalue weighted by atomic mass is 16.5. The Kier molecular flexibility index (Phi) is 8.54. The number of benzene rings is 1. The zero-order valence-electron chi connectivity index (χ0n) is 22.0. The molecule has 2 aromatic rings. The first-order valence-corrected chi connectivity index (χ1v) is 12.1. The summed E-state index contributed by atoms with van der Waals surface area (Å²) in [5, 5.41) is 13.9. The van der Waals surface area contributed by atoms with E-state index in [1.165, 1.54) is 29.0 Å². The summed E-state index contributed by atoms with van der Waals surface area (Å²) in [6.45, 7) is 6.10. The van der Waals surface area contributed by atoms with Gasteiger partial charge in [-0.2, -0.15) is 0 Å². The molecule has 10 nitrogen and oxygen atoms in total. The van der Waals surface area contributed by atoms with Gasteiger partial charge < -0.3 is 29.4 Å². The van der Waals surface area contributed by atoms with Crippen molar-refractivity contribution in [2.75, 3.05) is 40.9 Å². The van der Waals surface area contributed by atoms with Gasteiger partial charge in [-0.05, 0) is 49.6 Å². The predicted octanol–water partition coefficient (Wildman–Crippen LogP) is 0.353. The van der Waals surface area contributed by atoms with Gasteiger partial charge in [0.2, 0.25) is 5.78 Å². The van der Waals surface area contributed by atoms with Gasteiger partial charge in [-0.1, -0.05) is 17.9 Å². The number of hydrogen-bond donors (Lipinski definition) is 2. The fraction of sp³-hybridized carbons (Fsp3) is 0.407. The average Bonchev–Trinajstić information content (AvgIpc) is 3.30. The number of likely N-dealkylation sites (tertiary alicyclic amines) is 1. The molecule has 1 atom stereocenters. The van der Waals surface area contributed by atoms with Gasteiger partial charge in [-0.25, -0.2) is 9.59 Å². The van der Waals surface area contributed by atoms with Crippen molar-refractivity contribution in [3.63, 3.8) is 0 Å². The van der Waals surface area contributed by atoms with Gasteiger partial charge >= 0.3 is 11.9 Å². The summed E-state index contributed by atoms with van der Waals surface area (Å²) in [6, 6.07) is 5.35. The summed E-state index contributed by atoms with van der Waals surface area (Å²) < 4.78 is 9.83. The second kappa shape index (κ2) is 11.4. The van der Waals surface area contributed by atoms with E-state index in [9.17, 15) is 24.3 Å². The molecule has 1 aromatic heterocycles. The van der Waals surface area contributed by atoms with Gasteiger partial charge in [0.25, 0.3) is 5.91 Å². The molecule has 1 aliphatic heterocycles. The molecular formula is C27H33N3O7. The lowest BCUT2D eigenvalue weighted by molar-refractivity contribution is -0.858. The number of amides is 1. The lowest BCUT2D eigenvalue weighted by Crippen LogP contribution is -3.05. The van der Waals surface area contributed by atoms with E-state index in [0.29, 0.717) is 28.8 Å². The summed E-state index contributed by atoms with van der Waals surface area (Å²) in [7, 11) is 5.24. The zero-order chi connectivity index (χ0) is 27.4. The van der Waals surface area contributed by atoms with Gasteiger partial charge in [0, 0.05) is 24.2 Å². The Labute approximate surface area is 215 Å². The van der Waals surface area contributed by atoms with E-state index in [0.717, 1.165) is 6.54 Å². The number of nitrogens with one attached hydrogen (secondary N) is 2. The highest BCUT2D eigenvalue weighted by molar-refractivity contribution is 6.46. The van der Waals surface area contributed by atoms with Crippen molar-refractivity contribution in [2.45, 2.75) is 33.2 Å². The van der Waals surface area contributed by atoms with Crippen LogP contribution in [0.5, 0.6) is 0 Å². The predicted molar refractivity (Wildman–Crippen MR) is 133 cm³/mol. The normalized spacial score (nSPS) is 16.9. The highest BCUT2D eigenvalue weighted by Gasteiger charge is 2.44. The Bertz CT molecular complexity index is 1240. The number of esters is 2. The van der Waals surface area contributed by atoms with Crippen LogP contribution in [0.2, 0.25) is 0 Å². The number of ketones is 1. The number of carbonyl (C=O) groups excluding carboxylic acids is 4. The third-order valence-electron chi connectivity index (χ3n) is 6.40. The Morgan fingerprint density at radius 2 is 1.76 bits per heavy atom. The van der Waals surface area contributed by atoms with Crippen LogP contribution in [0, 0.1) is 13.8 Å². The first-order valence-electron chi connectivity index (χ1n) is 12.1. The van der Waals surface area contributed by atoms with Crippen molar-refractivity contribution in [1.82, 2.24) is 9.88 Å². The van der Waals surface area contributed by atoms with Crippen molar-refractivity contribution in [3.05, 3.63) is 63.5 Å². The van der Waals surface area contributed by atoms with E-state index in [1.54, 1.807) is 32.9 Å². The molecule has 0 spiro atoms. The molecule has 1 fully saturated rings. The second-order valence-electron chi connectivity index (χ2n) is 9.24. The largest absolute Gasteiger partial charge is 0.872 e. The molecule has 1 amide bonds. The molecule has 37 heavy (non-hydrogen) atoms. The molecule has 1 aliphatic rings. The lowest BCUT2D eigenvalue weighted by atomic mass is 9.93. The Morgan fingerprint density at radius 1 is 1.11 bits per heavy atom. The number of carbonyl (C=O) groups is 4.